The summed E-state index contributed by atoms with van der Waals surface area (Å²) in [6, 6.07) is 3.91. The molecule has 1 aromatic heterocycles. The maximum atomic E-state index is 11.8. The van der Waals surface area contributed by atoms with Gasteiger partial charge in [-0.1, -0.05) is 25.7 Å². The zero-order valence-electron chi connectivity index (χ0n) is 13.3. The van der Waals surface area contributed by atoms with Crippen molar-refractivity contribution in [2.45, 2.75) is 44.6 Å². The summed E-state index contributed by atoms with van der Waals surface area (Å²) in [5.74, 6) is 0.334. The summed E-state index contributed by atoms with van der Waals surface area (Å²) < 4.78 is 0. The molecule has 1 aliphatic rings. The highest BCUT2D eigenvalue weighted by Crippen LogP contribution is 2.16. The van der Waals surface area contributed by atoms with Crippen molar-refractivity contribution >= 4 is 35.8 Å². The molecule has 0 bridgehead atoms. The zero-order chi connectivity index (χ0) is 15.6. The number of guanidine groups is 1. The number of carbonyl (C=O) groups is 1. The lowest BCUT2D eigenvalue weighted by Crippen LogP contribution is -2.40. The van der Waals surface area contributed by atoms with Crippen molar-refractivity contribution in [3.05, 3.63) is 30.1 Å². The van der Waals surface area contributed by atoms with Gasteiger partial charge >= 0.3 is 0 Å². The Morgan fingerprint density at radius 1 is 1.30 bits per heavy atom. The number of nitrogens with one attached hydrogen (secondary N) is 2. The molecule has 2 rings (SSSR count). The Hall–Kier alpha value is -1.38. The third kappa shape index (κ3) is 7.62. The van der Waals surface area contributed by atoms with E-state index in [1.165, 1.54) is 25.7 Å². The lowest BCUT2D eigenvalue weighted by atomic mass is 10.1. The van der Waals surface area contributed by atoms with Crippen LogP contribution in [0.3, 0.4) is 0 Å². The fourth-order valence-corrected chi connectivity index (χ4v) is 2.62. The summed E-state index contributed by atoms with van der Waals surface area (Å²) in [7, 11) is 0. The molecule has 4 N–H and O–H groups in total. The lowest BCUT2D eigenvalue weighted by Gasteiger charge is -2.16. The Bertz CT molecular complexity index is 487. The molecule has 1 heterocycles. The van der Waals surface area contributed by atoms with Crippen LogP contribution in [0.2, 0.25) is 0 Å². The summed E-state index contributed by atoms with van der Waals surface area (Å²) in [5, 5.41) is 6.08. The van der Waals surface area contributed by atoms with Crippen LogP contribution in [0, 0.1) is 0 Å². The highest BCUT2D eigenvalue weighted by Gasteiger charge is 2.12. The molecule has 0 aromatic carbocycles. The molecular formula is C16H26IN5O. The first-order valence-corrected chi connectivity index (χ1v) is 8.00. The van der Waals surface area contributed by atoms with Crippen molar-refractivity contribution in [1.29, 1.82) is 0 Å². The molecule has 6 nitrogen and oxygen atoms in total. The minimum atomic E-state index is -0.140. The van der Waals surface area contributed by atoms with Gasteiger partial charge in [0.25, 0.3) is 5.91 Å². The number of amides is 1. The molecule has 0 saturated heterocycles. The number of aliphatic imine (C=N–C) groups is 1. The second kappa shape index (κ2) is 11.2. The van der Waals surface area contributed by atoms with Crippen molar-refractivity contribution in [1.82, 2.24) is 15.6 Å². The SMILES string of the molecule is I.NC(=NCCNC(=O)c1cccnc1)NC1CCCCCC1. The summed E-state index contributed by atoms with van der Waals surface area (Å²) in [4.78, 5) is 20.0. The number of hydrogen-bond acceptors (Lipinski definition) is 3. The van der Waals surface area contributed by atoms with Crippen LogP contribution in [-0.4, -0.2) is 36.0 Å². The predicted molar refractivity (Wildman–Crippen MR) is 103 cm³/mol. The average molecular weight is 431 g/mol. The van der Waals surface area contributed by atoms with Crippen LogP contribution in [0.25, 0.3) is 0 Å². The minimum absolute atomic E-state index is 0. The first kappa shape index (κ1) is 19.7. The van der Waals surface area contributed by atoms with Crippen molar-refractivity contribution < 1.29 is 4.79 Å². The topological polar surface area (TPSA) is 92.4 Å². The first-order chi connectivity index (χ1) is 10.8. The molecule has 0 atom stereocenters. The Kier molecular flexibility index (Phi) is 9.58. The quantitative estimate of drug-likeness (QED) is 0.219. The highest BCUT2D eigenvalue weighted by molar-refractivity contribution is 14.0. The summed E-state index contributed by atoms with van der Waals surface area (Å²) in [5.41, 5.74) is 6.45. The van der Waals surface area contributed by atoms with E-state index in [9.17, 15) is 4.79 Å². The van der Waals surface area contributed by atoms with Crippen LogP contribution < -0.4 is 16.4 Å². The second-order valence-corrected chi connectivity index (χ2v) is 5.60. The number of carbonyl (C=O) groups excluding carboxylic acids is 1. The number of pyridine rings is 1. The van der Waals surface area contributed by atoms with E-state index in [0.29, 0.717) is 30.7 Å². The molecule has 7 heteroatoms. The Morgan fingerprint density at radius 2 is 2.04 bits per heavy atom. The van der Waals surface area contributed by atoms with Gasteiger partial charge in [0.1, 0.15) is 0 Å². The number of nitrogens with two attached hydrogens (primary N) is 1. The van der Waals surface area contributed by atoms with E-state index in [2.05, 4.69) is 20.6 Å². The van der Waals surface area contributed by atoms with Crippen LogP contribution >= 0.6 is 24.0 Å². The van der Waals surface area contributed by atoms with Crippen LogP contribution in [-0.2, 0) is 0 Å². The van der Waals surface area contributed by atoms with Gasteiger partial charge in [-0.2, -0.15) is 0 Å². The van der Waals surface area contributed by atoms with Gasteiger partial charge in [-0.15, -0.1) is 24.0 Å². The normalized spacial score (nSPS) is 16.1. The molecule has 1 aromatic rings. The summed E-state index contributed by atoms with van der Waals surface area (Å²) in [6.07, 6.45) is 10.6. The fourth-order valence-electron chi connectivity index (χ4n) is 2.62. The van der Waals surface area contributed by atoms with Crippen molar-refractivity contribution in [3.63, 3.8) is 0 Å². The fraction of sp³-hybridized carbons (Fsp3) is 0.562. The first-order valence-electron chi connectivity index (χ1n) is 8.00. The van der Waals surface area contributed by atoms with Crippen molar-refractivity contribution in [2.24, 2.45) is 10.7 Å². The molecule has 128 valence electrons. The third-order valence-corrected chi connectivity index (χ3v) is 3.81. The number of aromatic nitrogens is 1. The van der Waals surface area contributed by atoms with Gasteiger partial charge in [-0.05, 0) is 25.0 Å². The van der Waals surface area contributed by atoms with Crippen LogP contribution in [0.4, 0.5) is 0 Å². The maximum Gasteiger partial charge on any atom is 0.252 e. The van der Waals surface area contributed by atoms with E-state index in [4.69, 9.17) is 5.73 Å². The third-order valence-electron chi connectivity index (χ3n) is 3.81. The Labute approximate surface area is 154 Å². The molecular weight excluding hydrogens is 405 g/mol. The highest BCUT2D eigenvalue weighted by atomic mass is 127. The summed E-state index contributed by atoms with van der Waals surface area (Å²) in [6.45, 7) is 0.929. The summed E-state index contributed by atoms with van der Waals surface area (Å²) >= 11 is 0. The largest absolute Gasteiger partial charge is 0.370 e. The molecule has 0 aliphatic heterocycles. The lowest BCUT2D eigenvalue weighted by molar-refractivity contribution is 0.0954. The molecule has 23 heavy (non-hydrogen) atoms. The van der Waals surface area contributed by atoms with E-state index < -0.39 is 0 Å². The van der Waals surface area contributed by atoms with Crippen molar-refractivity contribution in [3.8, 4) is 0 Å². The van der Waals surface area contributed by atoms with E-state index in [0.717, 1.165) is 12.8 Å². The van der Waals surface area contributed by atoms with Crippen LogP contribution in [0.5, 0.6) is 0 Å². The predicted octanol–water partition coefficient (Wildman–Crippen LogP) is 2.06. The molecule has 1 aliphatic carbocycles. The molecule has 0 spiro atoms. The Balaban J connectivity index is 0.00000264. The van der Waals surface area contributed by atoms with Gasteiger partial charge in [-0.3, -0.25) is 14.8 Å². The van der Waals surface area contributed by atoms with Crippen LogP contribution in [0.1, 0.15) is 48.9 Å². The molecule has 1 fully saturated rings. The number of hydrogen-bond donors (Lipinski definition) is 3. The molecule has 1 saturated carbocycles. The standard InChI is InChI=1S/C16H25N5O.HI/c17-16(21-14-7-3-1-2-4-8-14)20-11-10-19-15(22)13-6-5-9-18-12-13;/h5-6,9,12,14H,1-4,7-8,10-11H2,(H,19,22)(H3,17,20,21);1H. The van der Waals surface area contributed by atoms with E-state index >= 15 is 0 Å². The second-order valence-electron chi connectivity index (χ2n) is 5.60. The number of nitrogens with zero attached hydrogens (tertiary/aromatic N) is 2. The van der Waals surface area contributed by atoms with E-state index in [-0.39, 0.29) is 29.9 Å². The number of halogens is 1. The van der Waals surface area contributed by atoms with Gasteiger partial charge in [0.2, 0.25) is 0 Å². The minimum Gasteiger partial charge on any atom is -0.370 e. The molecule has 1 amide bonds. The van der Waals surface area contributed by atoms with Crippen LogP contribution in [0.15, 0.2) is 29.5 Å². The average Bonchev–Trinajstić information content (AvgIpc) is 2.81. The van der Waals surface area contributed by atoms with Crippen molar-refractivity contribution in [2.75, 3.05) is 13.1 Å². The van der Waals surface area contributed by atoms with E-state index in [1.54, 1.807) is 24.5 Å². The smallest absolute Gasteiger partial charge is 0.252 e. The van der Waals surface area contributed by atoms with Gasteiger partial charge < -0.3 is 16.4 Å². The van der Waals surface area contributed by atoms with Gasteiger partial charge in [0.05, 0.1) is 12.1 Å². The zero-order valence-corrected chi connectivity index (χ0v) is 15.7. The monoisotopic (exact) mass is 431 g/mol. The molecule has 0 radical (unpaired) electrons. The van der Waals surface area contributed by atoms with Gasteiger partial charge in [0, 0.05) is 25.0 Å². The molecule has 0 unspecified atom stereocenters. The van der Waals surface area contributed by atoms with E-state index in [1.807, 2.05) is 0 Å². The van der Waals surface area contributed by atoms with Gasteiger partial charge in [0.15, 0.2) is 5.96 Å². The van der Waals surface area contributed by atoms with Gasteiger partial charge in [-0.25, -0.2) is 0 Å². The Morgan fingerprint density at radius 3 is 2.70 bits per heavy atom. The maximum absolute atomic E-state index is 11.8. The number of rotatable bonds is 5.